The highest BCUT2D eigenvalue weighted by atomic mass is 35.5. The SMILES string of the molecule is CC(C)N(C(=O)COC(=O)Cc1c(Cl)cccc1Cl)c1ccccc1. The molecule has 0 saturated carbocycles. The Kier molecular flexibility index (Phi) is 6.85. The molecule has 2 rings (SSSR count). The molecule has 0 aliphatic rings. The summed E-state index contributed by atoms with van der Waals surface area (Å²) in [6.45, 7) is 3.46. The fraction of sp³-hybridized carbons (Fsp3) is 0.263. The molecule has 0 saturated heterocycles. The Hall–Kier alpha value is -2.04. The highest BCUT2D eigenvalue weighted by molar-refractivity contribution is 6.36. The van der Waals surface area contributed by atoms with Crippen LogP contribution in [0.2, 0.25) is 10.0 Å². The minimum absolute atomic E-state index is 0.0633. The van der Waals surface area contributed by atoms with E-state index in [-0.39, 0.29) is 25.0 Å². The molecule has 0 aromatic heterocycles. The summed E-state index contributed by atoms with van der Waals surface area (Å²) in [5, 5.41) is 0.785. The number of rotatable bonds is 6. The van der Waals surface area contributed by atoms with Crippen molar-refractivity contribution in [3.8, 4) is 0 Å². The fourth-order valence-electron chi connectivity index (χ4n) is 2.43. The lowest BCUT2D eigenvalue weighted by Crippen LogP contribution is -2.40. The average molecular weight is 380 g/mol. The van der Waals surface area contributed by atoms with Gasteiger partial charge in [-0.25, -0.2) is 0 Å². The summed E-state index contributed by atoms with van der Waals surface area (Å²) in [5.41, 5.74) is 1.25. The van der Waals surface area contributed by atoms with Crippen molar-refractivity contribution in [3.05, 3.63) is 64.1 Å². The van der Waals surface area contributed by atoms with Crippen molar-refractivity contribution in [1.29, 1.82) is 0 Å². The van der Waals surface area contributed by atoms with Crippen molar-refractivity contribution in [2.75, 3.05) is 11.5 Å². The van der Waals surface area contributed by atoms with Crippen molar-refractivity contribution >= 4 is 40.8 Å². The highest BCUT2D eigenvalue weighted by Gasteiger charge is 2.21. The van der Waals surface area contributed by atoms with E-state index in [2.05, 4.69) is 0 Å². The number of carbonyl (C=O) groups is 2. The van der Waals surface area contributed by atoms with Crippen molar-refractivity contribution in [3.63, 3.8) is 0 Å². The number of halogens is 2. The number of amides is 1. The van der Waals surface area contributed by atoms with Crippen molar-refractivity contribution in [2.45, 2.75) is 26.3 Å². The molecule has 6 heteroatoms. The Bertz CT molecular complexity index is 727. The number of para-hydroxylation sites is 1. The number of benzene rings is 2. The fourth-order valence-corrected chi connectivity index (χ4v) is 2.96. The molecule has 0 aliphatic heterocycles. The molecule has 0 fully saturated rings. The van der Waals surface area contributed by atoms with Crippen LogP contribution in [0.5, 0.6) is 0 Å². The lowest BCUT2D eigenvalue weighted by atomic mass is 10.1. The average Bonchev–Trinajstić information content (AvgIpc) is 2.57. The number of nitrogens with zero attached hydrogens (tertiary/aromatic N) is 1. The minimum atomic E-state index is -0.555. The summed E-state index contributed by atoms with van der Waals surface area (Å²) in [6.07, 6.45) is -0.0845. The maximum atomic E-state index is 12.5. The zero-order chi connectivity index (χ0) is 18.4. The molecular formula is C19H19Cl2NO3. The standard InChI is InChI=1S/C19H19Cl2NO3/c1-13(2)22(14-7-4-3-5-8-14)18(23)12-25-19(24)11-15-16(20)9-6-10-17(15)21/h3-10,13H,11-12H2,1-2H3. The molecule has 2 aromatic rings. The van der Waals surface area contributed by atoms with Crippen LogP contribution in [-0.2, 0) is 20.7 Å². The zero-order valence-electron chi connectivity index (χ0n) is 14.0. The van der Waals surface area contributed by atoms with E-state index in [1.54, 1.807) is 23.1 Å². The van der Waals surface area contributed by atoms with E-state index >= 15 is 0 Å². The quantitative estimate of drug-likeness (QED) is 0.693. The maximum Gasteiger partial charge on any atom is 0.310 e. The molecule has 0 N–H and O–H groups in total. The Labute approximate surface area is 157 Å². The first kappa shape index (κ1) is 19.3. The van der Waals surface area contributed by atoms with Crippen LogP contribution in [0.3, 0.4) is 0 Å². The number of ether oxygens (including phenoxy) is 1. The van der Waals surface area contributed by atoms with Crippen LogP contribution in [0.1, 0.15) is 19.4 Å². The summed E-state index contributed by atoms with van der Waals surface area (Å²) < 4.78 is 5.12. The Morgan fingerprint density at radius 1 is 1.00 bits per heavy atom. The predicted octanol–water partition coefficient (Wildman–Crippen LogP) is 4.52. The van der Waals surface area contributed by atoms with Crippen LogP contribution in [0.4, 0.5) is 5.69 Å². The third-order valence-electron chi connectivity index (χ3n) is 3.56. The van der Waals surface area contributed by atoms with Gasteiger partial charge in [0.1, 0.15) is 0 Å². The van der Waals surface area contributed by atoms with E-state index in [1.807, 2.05) is 44.2 Å². The van der Waals surface area contributed by atoms with Gasteiger partial charge in [-0.2, -0.15) is 0 Å². The van der Waals surface area contributed by atoms with Crippen molar-refractivity contribution in [2.24, 2.45) is 0 Å². The van der Waals surface area contributed by atoms with Gasteiger partial charge in [0.05, 0.1) is 6.42 Å². The van der Waals surface area contributed by atoms with E-state index in [9.17, 15) is 9.59 Å². The Morgan fingerprint density at radius 2 is 1.60 bits per heavy atom. The number of hydrogen-bond acceptors (Lipinski definition) is 3. The second kappa shape index (κ2) is 8.88. The van der Waals surface area contributed by atoms with Gasteiger partial charge in [-0.3, -0.25) is 9.59 Å². The second-order valence-electron chi connectivity index (χ2n) is 5.73. The van der Waals surface area contributed by atoms with Gasteiger partial charge in [0.15, 0.2) is 6.61 Å². The molecular weight excluding hydrogens is 361 g/mol. The topological polar surface area (TPSA) is 46.6 Å². The molecule has 0 atom stereocenters. The Balaban J connectivity index is 1.99. The summed E-state index contributed by atoms with van der Waals surface area (Å²) in [5.74, 6) is -0.847. The third kappa shape index (κ3) is 5.21. The molecule has 0 radical (unpaired) electrons. The monoisotopic (exact) mass is 379 g/mol. The smallest absolute Gasteiger partial charge is 0.310 e. The van der Waals surface area contributed by atoms with E-state index in [0.717, 1.165) is 5.69 Å². The van der Waals surface area contributed by atoms with Crippen molar-refractivity contribution < 1.29 is 14.3 Å². The number of anilines is 1. The van der Waals surface area contributed by atoms with Crippen LogP contribution in [0, 0.1) is 0 Å². The van der Waals surface area contributed by atoms with Crippen molar-refractivity contribution in [1.82, 2.24) is 0 Å². The number of carbonyl (C=O) groups excluding carboxylic acids is 2. The van der Waals surface area contributed by atoms with Crippen LogP contribution >= 0.6 is 23.2 Å². The van der Waals surface area contributed by atoms with Gasteiger partial charge < -0.3 is 9.64 Å². The lowest BCUT2D eigenvalue weighted by molar-refractivity contribution is -0.147. The largest absolute Gasteiger partial charge is 0.455 e. The molecule has 0 spiro atoms. The summed E-state index contributed by atoms with van der Waals surface area (Å²) in [6, 6.07) is 14.2. The molecule has 132 valence electrons. The van der Waals surface area contributed by atoms with Gasteiger partial charge in [0.2, 0.25) is 0 Å². The first-order valence-corrected chi connectivity index (χ1v) is 8.61. The van der Waals surface area contributed by atoms with Crippen LogP contribution in [0.25, 0.3) is 0 Å². The zero-order valence-corrected chi connectivity index (χ0v) is 15.6. The maximum absolute atomic E-state index is 12.5. The van der Waals surface area contributed by atoms with E-state index < -0.39 is 5.97 Å². The second-order valence-corrected chi connectivity index (χ2v) is 6.55. The first-order valence-electron chi connectivity index (χ1n) is 7.85. The Morgan fingerprint density at radius 3 is 2.16 bits per heavy atom. The molecule has 0 heterocycles. The third-order valence-corrected chi connectivity index (χ3v) is 4.27. The predicted molar refractivity (Wildman–Crippen MR) is 100 cm³/mol. The number of hydrogen-bond donors (Lipinski definition) is 0. The summed E-state index contributed by atoms with van der Waals surface area (Å²) in [4.78, 5) is 26.1. The summed E-state index contributed by atoms with van der Waals surface area (Å²) in [7, 11) is 0. The lowest BCUT2D eigenvalue weighted by Gasteiger charge is -2.26. The first-order chi connectivity index (χ1) is 11.9. The van der Waals surface area contributed by atoms with Crippen LogP contribution in [-0.4, -0.2) is 24.5 Å². The van der Waals surface area contributed by atoms with Crippen LogP contribution in [0.15, 0.2) is 48.5 Å². The highest BCUT2D eigenvalue weighted by Crippen LogP contribution is 2.25. The van der Waals surface area contributed by atoms with Gasteiger partial charge in [-0.05, 0) is 38.1 Å². The van der Waals surface area contributed by atoms with Gasteiger partial charge in [0, 0.05) is 27.3 Å². The van der Waals surface area contributed by atoms with Gasteiger partial charge >= 0.3 is 5.97 Å². The van der Waals surface area contributed by atoms with Gasteiger partial charge in [0.25, 0.3) is 5.91 Å². The molecule has 0 unspecified atom stereocenters. The van der Waals surface area contributed by atoms with Crippen LogP contribution < -0.4 is 4.90 Å². The molecule has 25 heavy (non-hydrogen) atoms. The van der Waals surface area contributed by atoms with Gasteiger partial charge in [-0.1, -0.05) is 47.5 Å². The van der Waals surface area contributed by atoms with E-state index in [4.69, 9.17) is 27.9 Å². The molecule has 1 amide bonds. The van der Waals surface area contributed by atoms with E-state index in [1.165, 1.54) is 0 Å². The van der Waals surface area contributed by atoms with Gasteiger partial charge in [-0.15, -0.1) is 0 Å². The minimum Gasteiger partial charge on any atom is -0.455 e. The normalized spacial score (nSPS) is 10.6. The molecule has 0 aliphatic carbocycles. The molecule has 4 nitrogen and oxygen atoms in total. The van der Waals surface area contributed by atoms with E-state index in [0.29, 0.717) is 15.6 Å². The summed E-state index contributed by atoms with van der Waals surface area (Å²) >= 11 is 12.1. The molecule has 0 bridgehead atoms. The number of esters is 1. The molecule has 2 aromatic carbocycles.